The summed E-state index contributed by atoms with van der Waals surface area (Å²) in [6.07, 6.45) is 1.78. The third-order valence-electron chi connectivity index (χ3n) is 5.22. The number of carbonyl (C=O) groups is 1. The van der Waals surface area contributed by atoms with Crippen LogP contribution in [0.15, 0.2) is 60.7 Å². The highest BCUT2D eigenvalue weighted by Crippen LogP contribution is 2.38. The van der Waals surface area contributed by atoms with Crippen molar-refractivity contribution < 1.29 is 4.79 Å². The predicted molar refractivity (Wildman–Crippen MR) is 96.4 cm³/mol. The minimum atomic E-state index is -0.365. The number of amides is 2. The quantitative estimate of drug-likeness (QED) is 0.939. The monoisotopic (exact) mass is 323 g/mol. The SMILES string of the molecule is CN(C(N)=O)C1(c2ccccc2)CCN(Cc2ccccc2)CC1. The lowest BCUT2D eigenvalue weighted by atomic mass is 9.79. The fraction of sp³-hybridized carbons (Fsp3) is 0.350. The summed E-state index contributed by atoms with van der Waals surface area (Å²) in [5.74, 6) is 0. The summed E-state index contributed by atoms with van der Waals surface area (Å²) in [6.45, 7) is 2.84. The van der Waals surface area contributed by atoms with Crippen molar-refractivity contribution in [2.24, 2.45) is 5.73 Å². The summed E-state index contributed by atoms with van der Waals surface area (Å²) < 4.78 is 0. The van der Waals surface area contributed by atoms with E-state index < -0.39 is 0 Å². The molecule has 2 amide bonds. The van der Waals surface area contributed by atoms with Crippen LogP contribution in [0, 0.1) is 0 Å². The van der Waals surface area contributed by atoms with E-state index >= 15 is 0 Å². The second kappa shape index (κ2) is 7.05. The van der Waals surface area contributed by atoms with E-state index in [0.717, 1.165) is 32.5 Å². The predicted octanol–water partition coefficient (Wildman–Crippen LogP) is 3.19. The number of rotatable bonds is 4. The van der Waals surface area contributed by atoms with Crippen LogP contribution >= 0.6 is 0 Å². The highest BCUT2D eigenvalue weighted by Gasteiger charge is 2.41. The van der Waals surface area contributed by atoms with Gasteiger partial charge in [0, 0.05) is 26.7 Å². The fourth-order valence-corrected chi connectivity index (χ4v) is 3.70. The Labute approximate surface area is 143 Å². The maximum absolute atomic E-state index is 11.9. The number of hydrogen-bond donors (Lipinski definition) is 1. The van der Waals surface area contributed by atoms with Crippen LogP contribution in [0.25, 0.3) is 0 Å². The number of hydrogen-bond acceptors (Lipinski definition) is 2. The molecule has 1 aliphatic rings. The van der Waals surface area contributed by atoms with Crippen molar-refractivity contribution in [3.8, 4) is 0 Å². The molecule has 0 atom stereocenters. The van der Waals surface area contributed by atoms with Crippen molar-refractivity contribution in [2.75, 3.05) is 20.1 Å². The molecular weight excluding hydrogens is 298 g/mol. The summed E-state index contributed by atoms with van der Waals surface area (Å²) in [5.41, 5.74) is 7.81. The van der Waals surface area contributed by atoms with E-state index in [0.29, 0.717) is 0 Å². The highest BCUT2D eigenvalue weighted by atomic mass is 16.2. The number of nitrogens with two attached hydrogens (primary N) is 1. The van der Waals surface area contributed by atoms with Crippen molar-refractivity contribution in [3.63, 3.8) is 0 Å². The van der Waals surface area contributed by atoms with Crippen LogP contribution in [-0.4, -0.2) is 36.0 Å². The molecule has 0 radical (unpaired) electrons. The molecule has 0 aromatic heterocycles. The standard InChI is InChI=1S/C20H25N3O/c1-22(19(21)24)20(18-10-6-3-7-11-18)12-14-23(15-13-20)16-17-8-4-2-5-9-17/h2-11H,12-16H2,1H3,(H2,21,24). The second-order valence-electron chi connectivity index (χ2n) is 6.56. The van der Waals surface area contributed by atoms with Gasteiger partial charge in [0.25, 0.3) is 0 Å². The number of primary amides is 1. The van der Waals surface area contributed by atoms with Gasteiger partial charge in [-0.3, -0.25) is 4.90 Å². The number of benzene rings is 2. The Morgan fingerprint density at radius 2 is 1.58 bits per heavy atom. The number of likely N-dealkylation sites (tertiary alicyclic amines) is 1. The van der Waals surface area contributed by atoms with Crippen molar-refractivity contribution in [3.05, 3.63) is 71.8 Å². The van der Waals surface area contributed by atoms with Crippen LogP contribution in [-0.2, 0) is 12.1 Å². The van der Waals surface area contributed by atoms with Gasteiger partial charge in [0.05, 0.1) is 5.54 Å². The Morgan fingerprint density at radius 1 is 1.04 bits per heavy atom. The molecule has 2 N–H and O–H groups in total. The smallest absolute Gasteiger partial charge is 0.315 e. The van der Waals surface area contributed by atoms with Crippen LogP contribution in [0.1, 0.15) is 24.0 Å². The third-order valence-corrected chi connectivity index (χ3v) is 5.22. The van der Waals surface area contributed by atoms with Gasteiger partial charge in [0.15, 0.2) is 0 Å². The van der Waals surface area contributed by atoms with E-state index in [1.165, 1.54) is 11.1 Å². The first-order valence-corrected chi connectivity index (χ1v) is 8.47. The third kappa shape index (κ3) is 3.29. The van der Waals surface area contributed by atoms with Gasteiger partial charge in [0.1, 0.15) is 0 Å². The van der Waals surface area contributed by atoms with Gasteiger partial charge in [-0.25, -0.2) is 4.79 Å². The van der Waals surface area contributed by atoms with Crippen molar-refractivity contribution in [1.29, 1.82) is 0 Å². The van der Waals surface area contributed by atoms with Crippen LogP contribution in [0.5, 0.6) is 0 Å². The summed E-state index contributed by atoms with van der Waals surface area (Å²) in [4.78, 5) is 16.1. The summed E-state index contributed by atoms with van der Waals surface area (Å²) >= 11 is 0. The van der Waals surface area contributed by atoms with Gasteiger partial charge >= 0.3 is 6.03 Å². The molecule has 1 aliphatic heterocycles. The van der Waals surface area contributed by atoms with E-state index in [9.17, 15) is 4.79 Å². The zero-order chi connectivity index (χ0) is 17.0. The zero-order valence-electron chi connectivity index (χ0n) is 14.2. The molecule has 0 saturated carbocycles. The van der Waals surface area contributed by atoms with Gasteiger partial charge in [-0.1, -0.05) is 60.7 Å². The first kappa shape index (κ1) is 16.5. The normalized spacial score (nSPS) is 17.4. The van der Waals surface area contributed by atoms with Crippen LogP contribution in [0.3, 0.4) is 0 Å². The van der Waals surface area contributed by atoms with Crippen LogP contribution < -0.4 is 5.73 Å². The molecule has 1 saturated heterocycles. The summed E-state index contributed by atoms with van der Waals surface area (Å²) in [5, 5.41) is 0. The molecule has 4 nitrogen and oxygen atoms in total. The lowest BCUT2D eigenvalue weighted by Crippen LogP contribution is -2.55. The van der Waals surface area contributed by atoms with Gasteiger partial charge in [0.2, 0.25) is 0 Å². The van der Waals surface area contributed by atoms with Gasteiger partial charge in [-0.15, -0.1) is 0 Å². The van der Waals surface area contributed by atoms with Crippen molar-refractivity contribution >= 4 is 6.03 Å². The van der Waals surface area contributed by atoms with E-state index in [1.807, 2.05) is 31.3 Å². The highest BCUT2D eigenvalue weighted by molar-refractivity contribution is 5.73. The Bertz CT molecular complexity index is 664. The Morgan fingerprint density at radius 3 is 2.12 bits per heavy atom. The molecule has 126 valence electrons. The molecule has 0 unspecified atom stereocenters. The molecule has 4 heteroatoms. The topological polar surface area (TPSA) is 49.6 Å². The van der Waals surface area contributed by atoms with Gasteiger partial charge in [-0.05, 0) is 24.0 Å². The molecule has 0 aliphatic carbocycles. The first-order chi connectivity index (χ1) is 11.6. The Hall–Kier alpha value is -2.33. The lowest BCUT2D eigenvalue weighted by Gasteiger charge is -2.47. The second-order valence-corrected chi connectivity index (χ2v) is 6.56. The largest absolute Gasteiger partial charge is 0.351 e. The molecular formula is C20H25N3O. The van der Waals surface area contributed by atoms with Crippen LogP contribution in [0.4, 0.5) is 4.79 Å². The van der Waals surface area contributed by atoms with E-state index in [1.54, 1.807) is 4.90 Å². The molecule has 2 aromatic carbocycles. The number of urea groups is 1. The minimum absolute atomic E-state index is 0.305. The first-order valence-electron chi connectivity index (χ1n) is 8.47. The zero-order valence-corrected chi connectivity index (χ0v) is 14.2. The molecule has 1 heterocycles. The average molecular weight is 323 g/mol. The molecule has 2 aromatic rings. The van der Waals surface area contributed by atoms with Gasteiger partial charge < -0.3 is 10.6 Å². The maximum atomic E-state index is 11.9. The fourth-order valence-electron chi connectivity index (χ4n) is 3.70. The van der Waals surface area contributed by atoms with E-state index in [4.69, 9.17) is 5.73 Å². The van der Waals surface area contributed by atoms with Crippen molar-refractivity contribution in [2.45, 2.75) is 24.9 Å². The number of nitrogens with zero attached hydrogens (tertiary/aromatic N) is 2. The van der Waals surface area contributed by atoms with Crippen LogP contribution in [0.2, 0.25) is 0 Å². The molecule has 0 spiro atoms. The minimum Gasteiger partial charge on any atom is -0.351 e. The van der Waals surface area contributed by atoms with Gasteiger partial charge in [-0.2, -0.15) is 0 Å². The number of piperidine rings is 1. The van der Waals surface area contributed by atoms with Crippen molar-refractivity contribution in [1.82, 2.24) is 9.80 Å². The average Bonchev–Trinajstić information content (AvgIpc) is 2.63. The summed E-state index contributed by atoms with van der Waals surface area (Å²) in [7, 11) is 1.82. The maximum Gasteiger partial charge on any atom is 0.315 e. The molecule has 24 heavy (non-hydrogen) atoms. The van der Waals surface area contributed by atoms with E-state index in [2.05, 4.69) is 41.3 Å². The Kier molecular flexibility index (Phi) is 4.86. The lowest BCUT2D eigenvalue weighted by molar-refractivity contribution is 0.0581. The summed E-state index contributed by atoms with van der Waals surface area (Å²) in [6, 6.07) is 20.4. The number of carbonyl (C=O) groups excluding carboxylic acids is 1. The molecule has 3 rings (SSSR count). The van der Waals surface area contributed by atoms with E-state index in [-0.39, 0.29) is 11.6 Å². The molecule has 1 fully saturated rings. The molecule has 0 bridgehead atoms. The Balaban J connectivity index is 1.77.